The molecule has 268 valence electrons. The van der Waals surface area contributed by atoms with Crippen molar-refractivity contribution in [3.63, 3.8) is 0 Å². The molecule has 4 aromatic rings. The van der Waals surface area contributed by atoms with Crippen molar-refractivity contribution in [2.24, 2.45) is 5.92 Å². The highest BCUT2D eigenvalue weighted by Gasteiger charge is 2.69. The minimum Gasteiger partial charge on any atom is -0.508 e. The molecule has 0 saturated carbocycles. The van der Waals surface area contributed by atoms with E-state index in [0.29, 0.717) is 5.57 Å². The first kappa shape index (κ1) is 34.5. The van der Waals surface area contributed by atoms with Crippen molar-refractivity contribution < 1.29 is 54.8 Å². The number of aromatic hydroxyl groups is 6. The molecule has 0 saturated heterocycles. The van der Waals surface area contributed by atoms with E-state index in [0.717, 1.165) is 29.3 Å². The van der Waals surface area contributed by atoms with Gasteiger partial charge in [-0.25, -0.2) is 0 Å². The van der Waals surface area contributed by atoms with Gasteiger partial charge in [0.25, 0.3) is 5.79 Å². The second-order valence-corrected chi connectivity index (χ2v) is 14.2. The molecule has 2 aliphatic heterocycles. The number of ether oxygens (including phenoxy) is 2. The van der Waals surface area contributed by atoms with E-state index < -0.39 is 58.0 Å². The van der Waals surface area contributed by atoms with Gasteiger partial charge in [0, 0.05) is 47.9 Å². The average molecular weight is 707 g/mol. The number of rotatable bonds is 6. The normalized spacial score (nSPS) is 24.4. The maximum absolute atomic E-state index is 14.9. The lowest BCUT2D eigenvalue weighted by molar-refractivity contribution is -0.221. The molecule has 0 aromatic heterocycles. The number of Topliss-reactive ketones (excluding diaryl/α,β-unsaturated/α-hetero) is 2. The highest BCUT2D eigenvalue weighted by Crippen LogP contribution is 2.60. The first-order chi connectivity index (χ1) is 24.6. The van der Waals surface area contributed by atoms with Crippen LogP contribution < -0.4 is 9.47 Å². The summed E-state index contributed by atoms with van der Waals surface area (Å²) in [6.45, 7) is 7.24. The number of hydrogen-bond donors (Lipinski definition) is 7. The second kappa shape index (κ2) is 12.1. The number of allylic oxidation sites excluding steroid dienone is 3. The SMILES string of the molecule is CC(C)=CCC12Oc3cc(C)ccc3C1(O)Oc1cc(O)c(C3C=C(C)CC(c4ccc(O)cc4O)C3C(=O)c3ccc(O)cc3O)c(O)c1C2=O. The van der Waals surface area contributed by atoms with E-state index in [1.54, 1.807) is 37.3 Å². The maximum Gasteiger partial charge on any atom is 0.286 e. The molecule has 5 unspecified atom stereocenters. The number of phenols is 6. The van der Waals surface area contributed by atoms with Gasteiger partial charge in [-0.3, -0.25) is 9.59 Å². The van der Waals surface area contributed by atoms with E-state index in [9.17, 15) is 45.3 Å². The zero-order valence-electron chi connectivity index (χ0n) is 28.8. The number of carbonyl (C=O) groups is 2. The Hall–Kier alpha value is -5.94. The van der Waals surface area contributed by atoms with Gasteiger partial charge in [0.2, 0.25) is 11.4 Å². The number of phenolic OH excluding ortho intramolecular Hbond substituents is 6. The zero-order chi connectivity index (χ0) is 37.4. The second-order valence-electron chi connectivity index (χ2n) is 14.2. The molecule has 11 nitrogen and oxygen atoms in total. The zero-order valence-corrected chi connectivity index (χ0v) is 28.8. The van der Waals surface area contributed by atoms with Crippen molar-refractivity contribution in [3.8, 4) is 46.0 Å². The van der Waals surface area contributed by atoms with Crippen LogP contribution in [0.1, 0.15) is 88.4 Å². The Labute approximate surface area is 299 Å². The molecule has 1 aliphatic carbocycles. The topological polar surface area (TPSA) is 194 Å². The third kappa shape index (κ3) is 5.14. The Balaban J connectivity index is 1.44. The van der Waals surface area contributed by atoms with Gasteiger partial charge in [-0.2, -0.15) is 0 Å². The van der Waals surface area contributed by atoms with E-state index in [2.05, 4.69) is 0 Å². The van der Waals surface area contributed by atoms with Crippen molar-refractivity contribution in [1.29, 1.82) is 0 Å². The van der Waals surface area contributed by atoms with E-state index in [1.165, 1.54) is 24.3 Å². The fraction of sp³-hybridized carbons (Fsp3) is 0.268. The van der Waals surface area contributed by atoms with Gasteiger partial charge in [0.1, 0.15) is 51.6 Å². The number of fused-ring (bicyclic) bond motifs is 4. The molecule has 0 fully saturated rings. The standard InChI is InChI=1S/C41H38O11/c1-19(2)11-12-40-39(49)36-33(52-41(40,50)28-10-5-20(3)15-32(28)51-40)18-31(46)35(38(36)48)27-14-21(4)13-26(24-8-6-22(42)16-29(24)44)34(27)37(47)25-9-7-23(43)17-30(25)45/h5-11,14-18,26-27,34,42-46,48,50H,12-13H2,1-4H3. The molecule has 0 radical (unpaired) electrons. The van der Waals surface area contributed by atoms with Crippen LogP contribution in [0.2, 0.25) is 0 Å². The third-order valence-corrected chi connectivity index (χ3v) is 10.4. The van der Waals surface area contributed by atoms with Gasteiger partial charge >= 0.3 is 0 Å². The van der Waals surface area contributed by atoms with Crippen molar-refractivity contribution in [2.45, 2.75) is 63.8 Å². The summed E-state index contributed by atoms with van der Waals surface area (Å²) >= 11 is 0. The van der Waals surface area contributed by atoms with Crippen molar-refractivity contribution >= 4 is 11.6 Å². The molecule has 52 heavy (non-hydrogen) atoms. The van der Waals surface area contributed by atoms with Gasteiger partial charge in [0.15, 0.2) is 5.78 Å². The van der Waals surface area contributed by atoms with Gasteiger partial charge in [-0.1, -0.05) is 35.4 Å². The molecule has 7 rings (SSSR count). The van der Waals surface area contributed by atoms with Gasteiger partial charge in [-0.05, 0) is 75.6 Å². The largest absolute Gasteiger partial charge is 0.508 e. The summed E-state index contributed by atoms with van der Waals surface area (Å²) in [7, 11) is 0. The quantitative estimate of drug-likeness (QED) is 0.0819. The summed E-state index contributed by atoms with van der Waals surface area (Å²) in [4.78, 5) is 29.5. The first-order valence-electron chi connectivity index (χ1n) is 16.8. The number of ketones is 2. The summed E-state index contributed by atoms with van der Waals surface area (Å²) in [5.41, 5.74) is -0.0108. The van der Waals surface area contributed by atoms with Crippen LogP contribution in [0.15, 0.2) is 84.0 Å². The third-order valence-electron chi connectivity index (χ3n) is 10.4. The lowest BCUT2D eigenvalue weighted by Gasteiger charge is -2.43. The number of benzene rings is 4. The Bertz CT molecular complexity index is 2250. The molecular formula is C41H38O11. The van der Waals surface area contributed by atoms with E-state index in [4.69, 9.17) is 9.47 Å². The van der Waals surface area contributed by atoms with Crippen LogP contribution >= 0.6 is 0 Å². The molecule has 2 heterocycles. The highest BCUT2D eigenvalue weighted by molar-refractivity contribution is 6.10. The van der Waals surface area contributed by atoms with Crippen LogP contribution in [0.4, 0.5) is 0 Å². The van der Waals surface area contributed by atoms with Crippen molar-refractivity contribution in [3.05, 3.63) is 117 Å². The molecule has 0 bridgehead atoms. The highest BCUT2D eigenvalue weighted by atomic mass is 16.7. The molecule has 3 aliphatic rings. The molecular weight excluding hydrogens is 668 g/mol. The minimum absolute atomic E-state index is 0.140. The first-order valence-corrected chi connectivity index (χ1v) is 16.8. The number of aliphatic hydroxyl groups is 1. The molecule has 0 spiro atoms. The summed E-state index contributed by atoms with van der Waals surface area (Å²) in [6, 6.07) is 13.6. The smallest absolute Gasteiger partial charge is 0.286 e. The van der Waals surface area contributed by atoms with Crippen LogP contribution in [-0.4, -0.2) is 52.9 Å². The van der Waals surface area contributed by atoms with Crippen LogP contribution in [-0.2, 0) is 5.79 Å². The van der Waals surface area contributed by atoms with Gasteiger partial charge in [0.05, 0.1) is 11.1 Å². The fourth-order valence-electron chi connectivity index (χ4n) is 7.93. The van der Waals surface area contributed by atoms with E-state index in [1.807, 2.05) is 20.8 Å². The average Bonchev–Trinajstić information content (AvgIpc) is 3.30. The lowest BCUT2D eigenvalue weighted by Crippen LogP contribution is -2.62. The Morgan fingerprint density at radius 2 is 1.54 bits per heavy atom. The fourth-order valence-corrected chi connectivity index (χ4v) is 7.93. The Kier molecular flexibility index (Phi) is 8.02. The van der Waals surface area contributed by atoms with Crippen LogP contribution in [0.3, 0.4) is 0 Å². The molecule has 4 aromatic carbocycles. The number of hydrogen-bond acceptors (Lipinski definition) is 11. The predicted octanol–water partition coefficient (Wildman–Crippen LogP) is 6.85. The van der Waals surface area contributed by atoms with Crippen LogP contribution in [0, 0.1) is 12.8 Å². The maximum atomic E-state index is 14.9. The minimum atomic E-state index is -2.34. The number of carbonyl (C=O) groups excluding carboxylic acids is 2. The van der Waals surface area contributed by atoms with Gasteiger partial charge < -0.3 is 45.2 Å². The summed E-state index contributed by atoms with van der Waals surface area (Å²) in [6.07, 6.45) is 3.47. The van der Waals surface area contributed by atoms with Crippen molar-refractivity contribution in [2.75, 3.05) is 0 Å². The molecule has 0 amide bonds. The van der Waals surface area contributed by atoms with Crippen LogP contribution in [0.25, 0.3) is 0 Å². The summed E-state index contributed by atoms with van der Waals surface area (Å²) in [5, 5.41) is 77.9. The summed E-state index contributed by atoms with van der Waals surface area (Å²) in [5.74, 6) is -9.68. The Morgan fingerprint density at radius 3 is 2.21 bits per heavy atom. The van der Waals surface area contributed by atoms with Gasteiger partial charge in [-0.15, -0.1) is 0 Å². The number of aryl methyl sites for hydroxylation is 1. The molecule has 5 atom stereocenters. The summed E-state index contributed by atoms with van der Waals surface area (Å²) < 4.78 is 12.5. The molecule has 7 N–H and O–H groups in total. The van der Waals surface area contributed by atoms with E-state index >= 15 is 0 Å². The lowest BCUT2D eigenvalue weighted by atomic mass is 9.65. The van der Waals surface area contributed by atoms with Crippen LogP contribution in [0.5, 0.6) is 46.0 Å². The Morgan fingerprint density at radius 1 is 0.846 bits per heavy atom. The molecule has 11 heteroatoms. The van der Waals surface area contributed by atoms with Crippen molar-refractivity contribution in [1.82, 2.24) is 0 Å². The predicted molar refractivity (Wildman–Crippen MR) is 188 cm³/mol. The van der Waals surface area contributed by atoms with E-state index in [-0.39, 0.29) is 69.4 Å². The monoisotopic (exact) mass is 706 g/mol.